The maximum absolute atomic E-state index is 4.06. The zero-order valence-corrected chi connectivity index (χ0v) is 4.30. The maximum Gasteiger partial charge on any atom is 0.0846 e. The summed E-state index contributed by atoms with van der Waals surface area (Å²) in [6.07, 6.45) is 6.36. The summed E-state index contributed by atoms with van der Waals surface area (Å²) in [6.45, 7) is 0. The van der Waals surface area contributed by atoms with Gasteiger partial charge in [-0.25, -0.2) is 0 Å². The van der Waals surface area contributed by atoms with Crippen LogP contribution in [0.1, 0.15) is 19.3 Å². The second-order valence-electron chi connectivity index (χ2n) is 2.54. The highest BCUT2D eigenvalue weighted by molar-refractivity contribution is 5.77. The summed E-state index contributed by atoms with van der Waals surface area (Å²) in [4.78, 5) is 4.06. The number of hydrogen-bond acceptors (Lipinski definition) is 1. The van der Waals surface area contributed by atoms with Crippen molar-refractivity contribution >= 4 is 6.21 Å². The van der Waals surface area contributed by atoms with Crippen molar-refractivity contribution in [2.24, 2.45) is 10.9 Å². The second-order valence-corrected chi connectivity index (χ2v) is 2.54. The fourth-order valence-corrected chi connectivity index (χ4v) is 0.878. The SMILES string of the molecule is C1=NC1CC1CC1. The van der Waals surface area contributed by atoms with E-state index < -0.39 is 0 Å². The van der Waals surface area contributed by atoms with Crippen LogP contribution in [0.3, 0.4) is 0 Å². The first-order chi connectivity index (χ1) is 3.45. The lowest BCUT2D eigenvalue weighted by molar-refractivity contribution is 0.731. The van der Waals surface area contributed by atoms with Gasteiger partial charge in [-0.15, -0.1) is 0 Å². The zero-order valence-electron chi connectivity index (χ0n) is 4.30. The lowest BCUT2D eigenvalue weighted by Crippen LogP contribution is -1.86. The van der Waals surface area contributed by atoms with Crippen molar-refractivity contribution < 1.29 is 0 Å². The van der Waals surface area contributed by atoms with Crippen LogP contribution < -0.4 is 0 Å². The van der Waals surface area contributed by atoms with Crippen LogP contribution in [0.4, 0.5) is 0 Å². The standard InChI is InChI=1S/C6H9N/c1-2-5(1)3-6-4-7-6/h4-6H,1-3H2. The van der Waals surface area contributed by atoms with Crippen molar-refractivity contribution in [3.63, 3.8) is 0 Å². The Morgan fingerprint density at radius 3 is 2.71 bits per heavy atom. The van der Waals surface area contributed by atoms with Gasteiger partial charge < -0.3 is 0 Å². The van der Waals surface area contributed by atoms with E-state index in [1.54, 1.807) is 0 Å². The third-order valence-corrected chi connectivity index (χ3v) is 1.63. The molecule has 0 N–H and O–H groups in total. The smallest absolute Gasteiger partial charge is 0.0846 e. The van der Waals surface area contributed by atoms with E-state index in [1.165, 1.54) is 19.3 Å². The molecular formula is C6H9N. The molecule has 7 heavy (non-hydrogen) atoms. The molecule has 0 aromatic carbocycles. The van der Waals surface area contributed by atoms with Crippen LogP contribution in [0.15, 0.2) is 4.99 Å². The topological polar surface area (TPSA) is 12.4 Å². The van der Waals surface area contributed by atoms with E-state index in [9.17, 15) is 0 Å². The third kappa shape index (κ3) is 0.817. The Morgan fingerprint density at radius 2 is 2.29 bits per heavy atom. The van der Waals surface area contributed by atoms with Gasteiger partial charge in [0.05, 0.1) is 6.04 Å². The van der Waals surface area contributed by atoms with Gasteiger partial charge in [-0.1, -0.05) is 12.8 Å². The van der Waals surface area contributed by atoms with Crippen molar-refractivity contribution in [3.05, 3.63) is 0 Å². The normalized spacial score (nSPS) is 36.3. The van der Waals surface area contributed by atoms with Crippen molar-refractivity contribution in [1.29, 1.82) is 0 Å². The molecule has 1 heterocycles. The largest absolute Gasteiger partial charge is 0.286 e. The van der Waals surface area contributed by atoms with Gasteiger partial charge in [0.15, 0.2) is 0 Å². The summed E-state index contributed by atoms with van der Waals surface area (Å²) in [5.74, 6) is 1.06. The minimum Gasteiger partial charge on any atom is -0.286 e. The molecule has 1 unspecified atom stereocenters. The van der Waals surface area contributed by atoms with Crippen molar-refractivity contribution in [1.82, 2.24) is 0 Å². The van der Waals surface area contributed by atoms with Gasteiger partial charge in [0.2, 0.25) is 0 Å². The van der Waals surface area contributed by atoms with Crippen LogP contribution in [-0.2, 0) is 0 Å². The predicted octanol–water partition coefficient (Wildman–Crippen LogP) is 1.24. The summed E-state index contributed by atoms with van der Waals surface area (Å²) in [5.41, 5.74) is 0. The lowest BCUT2D eigenvalue weighted by Gasteiger charge is -1.85. The molecule has 38 valence electrons. The van der Waals surface area contributed by atoms with Crippen LogP contribution in [0.25, 0.3) is 0 Å². The molecule has 0 radical (unpaired) electrons. The molecule has 1 aliphatic heterocycles. The first-order valence-electron chi connectivity index (χ1n) is 2.98. The molecule has 1 nitrogen and oxygen atoms in total. The monoisotopic (exact) mass is 95.1 g/mol. The van der Waals surface area contributed by atoms with E-state index in [4.69, 9.17) is 0 Å². The zero-order chi connectivity index (χ0) is 4.69. The van der Waals surface area contributed by atoms with Crippen LogP contribution in [0, 0.1) is 5.92 Å². The Labute approximate surface area is 43.4 Å². The summed E-state index contributed by atoms with van der Waals surface area (Å²) >= 11 is 0. The Kier molecular flexibility index (Phi) is 0.566. The third-order valence-electron chi connectivity index (χ3n) is 1.63. The van der Waals surface area contributed by atoms with E-state index in [-0.39, 0.29) is 0 Å². The van der Waals surface area contributed by atoms with Crippen molar-refractivity contribution in [2.45, 2.75) is 25.3 Å². The molecule has 0 bridgehead atoms. The number of nitrogens with zero attached hydrogens (tertiary/aromatic N) is 1. The molecular weight excluding hydrogens is 86.1 g/mol. The second kappa shape index (κ2) is 1.09. The first kappa shape index (κ1) is 3.65. The first-order valence-corrected chi connectivity index (χ1v) is 2.98. The van der Waals surface area contributed by atoms with E-state index >= 15 is 0 Å². The molecule has 1 fully saturated rings. The molecule has 0 spiro atoms. The summed E-state index contributed by atoms with van der Waals surface area (Å²) in [6, 6.07) is 0.688. The van der Waals surface area contributed by atoms with Gasteiger partial charge >= 0.3 is 0 Å². The highest BCUT2D eigenvalue weighted by Gasteiger charge is 2.27. The van der Waals surface area contributed by atoms with Gasteiger partial charge in [0.1, 0.15) is 0 Å². The Bertz CT molecular complexity index is 96.7. The number of rotatable bonds is 2. The Balaban J connectivity index is 1.71. The van der Waals surface area contributed by atoms with Gasteiger partial charge in [-0.2, -0.15) is 0 Å². The average molecular weight is 95.1 g/mol. The summed E-state index contributed by atoms with van der Waals surface area (Å²) in [7, 11) is 0. The van der Waals surface area contributed by atoms with E-state index in [1.807, 2.05) is 0 Å². The highest BCUT2D eigenvalue weighted by Crippen LogP contribution is 2.35. The summed E-state index contributed by atoms with van der Waals surface area (Å²) < 4.78 is 0. The van der Waals surface area contributed by atoms with Crippen LogP contribution in [0.2, 0.25) is 0 Å². The number of hydrogen-bond donors (Lipinski definition) is 0. The molecule has 1 atom stereocenters. The minimum atomic E-state index is 0.688. The Hall–Kier alpha value is -0.330. The molecule has 2 rings (SSSR count). The average Bonchev–Trinajstić information content (AvgIpc) is 2.33. The van der Waals surface area contributed by atoms with E-state index in [0.717, 1.165) is 5.92 Å². The van der Waals surface area contributed by atoms with Gasteiger partial charge in [0.25, 0.3) is 0 Å². The molecule has 0 aromatic heterocycles. The molecule has 1 heteroatoms. The van der Waals surface area contributed by atoms with Gasteiger partial charge in [0, 0.05) is 6.21 Å². The molecule has 0 saturated heterocycles. The fraction of sp³-hybridized carbons (Fsp3) is 0.833. The lowest BCUT2D eigenvalue weighted by atomic mass is 10.2. The minimum absolute atomic E-state index is 0.688. The van der Waals surface area contributed by atoms with E-state index in [0.29, 0.717) is 6.04 Å². The quantitative estimate of drug-likeness (QED) is 0.489. The van der Waals surface area contributed by atoms with Crippen LogP contribution >= 0.6 is 0 Å². The summed E-state index contributed by atoms with van der Waals surface area (Å²) in [5, 5.41) is 0. The van der Waals surface area contributed by atoms with Crippen molar-refractivity contribution in [3.8, 4) is 0 Å². The van der Waals surface area contributed by atoms with Gasteiger partial charge in [-0.05, 0) is 12.3 Å². The molecule has 0 aromatic rings. The Morgan fingerprint density at radius 1 is 1.57 bits per heavy atom. The molecule has 1 saturated carbocycles. The van der Waals surface area contributed by atoms with Crippen molar-refractivity contribution in [2.75, 3.05) is 0 Å². The molecule has 2 aliphatic rings. The predicted molar refractivity (Wildman–Crippen MR) is 29.6 cm³/mol. The fourth-order valence-electron chi connectivity index (χ4n) is 0.878. The van der Waals surface area contributed by atoms with Crippen LogP contribution in [-0.4, -0.2) is 12.3 Å². The van der Waals surface area contributed by atoms with E-state index in [2.05, 4.69) is 11.2 Å². The molecule has 0 amide bonds. The number of aliphatic imine (C=N–C) groups is 1. The van der Waals surface area contributed by atoms with Crippen LogP contribution in [0.5, 0.6) is 0 Å². The molecule has 1 aliphatic carbocycles. The van der Waals surface area contributed by atoms with Gasteiger partial charge in [-0.3, -0.25) is 4.99 Å². The maximum atomic E-state index is 4.06. The highest BCUT2D eigenvalue weighted by atomic mass is 14.9.